The zero-order valence-corrected chi connectivity index (χ0v) is 21.1. The van der Waals surface area contributed by atoms with Crippen LogP contribution in [0.1, 0.15) is 36.1 Å². The van der Waals surface area contributed by atoms with Crippen molar-refractivity contribution < 1.29 is 13.7 Å². The summed E-state index contributed by atoms with van der Waals surface area (Å²) in [6.07, 6.45) is 4.49. The Kier molecular flexibility index (Phi) is 7.63. The molecule has 0 atom stereocenters. The Hall–Kier alpha value is -3.22. The number of hydrogen-bond acceptors (Lipinski definition) is 5. The monoisotopic (exact) mass is 487 g/mol. The van der Waals surface area contributed by atoms with E-state index in [-0.39, 0.29) is 5.82 Å². The highest BCUT2D eigenvalue weighted by atomic mass is 19.1. The van der Waals surface area contributed by atoms with Gasteiger partial charge in [-0.2, -0.15) is 0 Å². The van der Waals surface area contributed by atoms with Crippen molar-refractivity contribution in [1.29, 1.82) is 0 Å². The van der Waals surface area contributed by atoms with E-state index in [9.17, 15) is 4.39 Å². The number of ether oxygens (including phenoxy) is 1. The molecule has 1 fully saturated rings. The van der Waals surface area contributed by atoms with E-state index in [4.69, 9.17) is 9.26 Å². The smallest absolute Gasteiger partial charge is 0.175 e. The highest BCUT2D eigenvalue weighted by Crippen LogP contribution is 2.35. The lowest BCUT2D eigenvalue weighted by Crippen LogP contribution is -2.33. The van der Waals surface area contributed by atoms with Crippen molar-refractivity contribution in [1.82, 2.24) is 15.0 Å². The molecule has 1 saturated heterocycles. The van der Waals surface area contributed by atoms with Crippen LogP contribution in [0.15, 0.2) is 71.3 Å². The van der Waals surface area contributed by atoms with E-state index >= 15 is 0 Å². The molecule has 0 bridgehead atoms. The zero-order valence-electron chi connectivity index (χ0n) is 21.1. The van der Waals surface area contributed by atoms with Crippen molar-refractivity contribution in [2.75, 3.05) is 27.2 Å². The van der Waals surface area contributed by atoms with E-state index in [2.05, 4.69) is 45.3 Å². The number of fused-ring (bicyclic) bond motifs is 1. The maximum atomic E-state index is 13.3. The highest BCUT2D eigenvalue weighted by Gasteiger charge is 2.22. The molecule has 5 rings (SSSR count). The van der Waals surface area contributed by atoms with Gasteiger partial charge in [-0.25, -0.2) is 4.39 Å². The zero-order chi connectivity index (χ0) is 24.9. The molecule has 3 aromatic carbocycles. The van der Waals surface area contributed by atoms with Crippen LogP contribution in [-0.2, 0) is 19.5 Å². The van der Waals surface area contributed by atoms with Crippen molar-refractivity contribution >= 4 is 11.0 Å². The SMILES string of the molecule is CN(C)Cc1c(Oc2ccc(F)cc2)ccc2c(CCC3CCN(Cc4ccccc4)CC3)noc12. The van der Waals surface area contributed by atoms with Gasteiger partial charge < -0.3 is 14.2 Å². The molecule has 1 aliphatic rings. The average Bonchev–Trinajstić information content (AvgIpc) is 3.30. The molecule has 0 spiro atoms. The molecule has 0 radical (unpaired) electrons. The molecule has 1 aliphatic heterocycles. The number of aryl methyl sites for hydroxylation is 1. The van der Waals surface area contributed by atoms with Crippen LogP contribution in [0.25, 0.3) is 11.0 Å². The second kappa shape index (κ2) is 11.2. The molecule has 0 saturated carbocycles. The van der Waals surface area contributed by atoms with Crippen LogP contribution in [0, 0.1) is 11.7 Å². The number of rotatable bonds is 9. The van der Waals surface area contributed by atoms with Gasteiger partial charge in [0.1, 0.15) is 17.3 Å². The summed E-state index contributed by atoms with van der Waals surface area (Å²) >= 11 is 0. The molecule has 36 heavy (non-hydrogen) atoms. The first-order valence-corrected chi connectivity index (χ1v) is 12.8. The van der Waals surface area contributed by atoms with E-state index in [0.717, 1.165) is 54.7 Å². The Balaban J connectivity index is 1.24. The van der Waals surface area contributed by atoms with E-state index in [0.29, 0.717) is 24.0 Å². The minimum Gasteiger partial charge on any atom is -0.457 e. The van der Waals surface area contributed by atoms with E-state index < -0.39 is 0 Å². The summed E-state index contributed by atoms with van der Waals surface area (Å²) in [5.41, 5.74) is 4.14. The number of hydrogen-bond donors (Lipinski definition) is 0. The van der Waals surface area contributed by atoms with Crippen molar-refractivity contribution in [2.24, 2.45) is 5.92 Å². The van der Waals surface area contributed by atoms with Crippen LogP contribution in [0.4, 0.5) is 4.39 Å². The van der Waals surface area contributed by atoms with Crippen LogP contribution >= 0.6 is 0 Å². The molecule has 1 aromatic heterocycles. The first-order valence-electron chi connectivity index (χ1n) is 12.8. The summed E-state index contributed by atoms with van der Waals surface area (Å²) in [6.45, 7) is 3.99. The second-order valence-corrected chi connectivity index (χ2v) is 10.1. The molecule has 188 valence electrons. The number of aromatic nitrogens is 1. The molecule has 6 heteroatoms. The standard InChI is InChI=1S/C30H34FN3O2/c1-33(2)21-27-29(35-25-11-9-24(31)10-12-25)15-13-26-28(32-36-30(26)27)14-8-22-16-18-34(19-17-22)20-23-6-4-3-5-7-23/h3-7,9-13,15,22H,8,14,16-21H2,1-2H3. The predicted molar refractivity (Wildman–Crippen MR) is 141 cm³/mol. The topological polar surface area (TPSA) is 41.7 Å². The van der Waals surface area contributed by atoms with Gasteiger partial charge in [-0.3, -0.25) is 4.90 Å². The van der Waals surface area contributed by atoms with Gasteiger partial charge in [-0.05, 0) is 101 Å². The number of halogens is 1. The Morgan fingerprint density at radius 2 is 1.75 bits per heavy atom. The first kappa shape index (κ1) is 24.5. The van der Waals surface area contributed by atoms with E-state index in [1.807, 2.05) is 26.2 Å². The summed E-state index contributed by atoms with van der Waals surface area (Å²) in [6, 6.07) is 20.8. The number of benzene rings is 3. The maximum Gasteiger partial charge on any atom is 0.175 e. The van der Waals surface area contributed by atoms with Crippen LogP contribution in [0.5, 0.6) is 11.5 Å². The summed E-state index contributed by atoms with van der Waals surface area (Å²) in [5.74, 6) is 1.73. The Morgan fingerprint density at radius 3 is 2.47 bits per heavy atom. The maximum absolute atomic E-state index is 13.3. The van der Waals surface area contributed by atoms with Gasteiger partial charge in [-0.1, -0.05) is 35.5 Å². The molecule has 0 unspecified atom stereocenters. The third-order valence-corrected chi connectivity index (χ3v) is 7.04. The van der Waals surface area contributed by atoms with E-state index in [1.54, 1.807) is 12.1 Å². The molecular weight excluding hydrogens is 453 g/mol. The number of likely N-dealkylation sites (tertiary alicyclic amines) is 1. The Labute approximate surface area is 212 Å². The number of nitrogens with zero attached hydrogens (tertiary/aromatic N) is 3. The molecule has 4 aromatic rings. The van der Waals surface area contributed by atoms with Crippen molar-refractivity contribution in [3.63, 3.8) is 0 Å². The summed E-state index contributed by atoms with van der Waals surface area (Å²) in [4.78, 5) is 4.64. The van der Waals surface area contributed by atoms with Crippen LogP contribution in [0.2, 0.25) is 0 Å². The third-order valence-electron chi connectivity index (χ3n) is 7.04. The average molecular weight is 488 g/mol. The molecule has 2 heterocycles. The Bertz CT molecular complexity index is 1260. The van der Waals surface area contributed by atoms with Gasteiger partial charge in [0.05, 0.1) is 11.3 Å². The Morgan fingerprint density at radius 1 is 1.00 bits per heavy atom. The van der Waals surface area contributed by atoms with Crippen molar-refractivity contribution in [2.45, 2.75) is 38.8 Å². The minimum absolute atomic E-state index is 0.284. The summed E-state index contributed by atoms with van der Waals surface area (Å²) in [7, 11) is 4.03. The lowest BCUT2D eigenvalue weighted by molar-refractivity contribution is 0.172. The molecule has 0 amide bonds. The quantitative estimate of drug-likeness (QED) is 0.264. The van der Waals surface area contributed by atoms with Gasteiger partial charge in [0.2, 0.25) is 0 Å². The normalized spacial score (nSPS) is 15.1. The predicted octanol–water partition coefficient (Wildman–Crippen LogP) is 6.67. The van der Waals surface area contributed by atoms with Crippen molar-refractivity contribution in [3.8, 4) is 11.5 Å². The van der Waals surface area contributed by atoms with Crippen molar-refractivity contribution in [3.05, 3.63) is 89.4 Å². The molecular formula is C30H34FN3O2. The van der Waals surface area contributed by atoms with Crippen LogP contribution in [-0.4, -0.2) is 42.1 Å². The van der Waals surface area contributed by atoms with Gasteiger partial charge >= 0.3 is 0 Å². The first-order chi connectivity index (χ1) is 17.5. The number of piperidine rings is 1. The van der Waals surface area contributed by atoms with Gasteiger partial charge in [-0.15, -0.1) is 0 Å². The largest absolute Gasteiger partial charge is 0.457 e. The summed E-state index contributed by atoms with van der Waals surface area (Å²) < 4.78 is 25.3. The van der Waals surface area contributed by atoms with E-state index in [1.165, 1.54) is 30.5 Å². The third kappa shape index (κ3) is 5.94. The lowest BCUT2D eigenvalue weighted by atomic mass is 9.91. The van der Waals surface area contributed by atoms with Gasteiger partial charge in [0.25, 0.3) is 0 Å². The fraction of sp³-hybridized carbons (Fsp3) is 0.367. The second-order valence-electron chi connectivity index (χ2n) is 10.1. The fourth-order valence-corrected chi connectivity index (χ4v) is 5.08. The van der Waals surface area contributed by atoms with Crippen LogP contribution in [0.3, 0.4) is 0 Å². The molecule has 0 N–H and O–H groups in total. The van der Waals surface area contributed by atoms with Gasteiger partial charge in [0.15, 0.2) is 5.58 Å². The highest BCUT2D eigenvalue weighted by molar-refractivity contribution is 5.84. The molecule has 0 aliphatic carbocycles. The van der Waals surface area contributed by atoms with Gasteiger partial charge in [0, 0.05) is 18.5 Å². The minimum atomic E-state index is -0.284. The van der Waals surface area contributed by atoms with Crippen LogP contribution < -0.4 is 4.74 Å². The fourth-order valence-electron chi connectivity index (χ4n) is 5.08. The molecule has 5 nitrogen and oxygen atoms in total. The summed E-state index contributed by atoms with van der Waals surface area (Å²) in [5, 5.41) is 5.52. The lowest BCUT2D eigenvalue weighted by Gasteiger charge is -2.31.